The zero-order chi connectivity index (χ0) is 19.2. The Morgan fingerprint density at radius 2 is 2.04 bits per heavy atom. The minimum atomic E-state index is -2.88. The summed E-state index contributed by atoms with van der Waals surface area (Å²) in [4.78, 5) is 16.1. The second-order valence-corrected chi connectivity index (χ2v) is 6.29. The van der Waals surface area contributed by atoms with Gasteiger partial charge in [-0.15, -0.1) is 10.2 Å². The average molecular weight is 391 g/mol. The van der Waals surface area contributed by atoms with Crippen molar-refractivity contribution < 1.29 is 18.3 Å². The Bertz CT molecular complexity index is 903. The summed E-state index contributed by atoms with van der Waals surface area (Å²) in [6.07, 6.45) is 3.36. The van der Waals surface area contributed by atoms with Crippen LogP contribution in [-0.4, -0.2) is 38.0 Å². The van der Waals surface area contributed by atoms with E-state index >= 15 is 0 Å². The quantitative estimate of drug-likeness (QED) is 0.623. The molecule has 0 atom stereocenters. The van der Waals surface area contributed by atoms with E-state index in [1.165, 1.54) is 36.0 Å². The zero-order valence-electron chi connectivity index (χ0n) is 14.2. The Balaban J connectivity index is 1.56. The van der Waals surface area contributed by atoms with E-state index in [2.05, 4.69) is 25.2 Å². The molecule has 0 fully saturated rings. The second kappa shape index (κ2) is 8.58. The third-order valence-corrected chi connectivity index (χ3v) is 4.47. The number of hydrogen-bond donors (Lipinski definition) is 1. The number of amides is 1. The molecular formula is C17H15F2N5O2S. The van der Waals surface area contributed by atoms with Gasteiger partial charge in [-0.1, -0.05) is 11.8 Å². The first-order valence-electron chi connectivity index (χ1n) is 7.80. The minimum Gasteiger partial charge on any atom is -0.435 e. The lowest BCUT2D eigenvalue weighted by molar-refractivity contribution is -0.113. The fourth-order valence-electron chi connectivity index (χ4n) is 2.23. The molecule has 3 aromatic rings. The highest BCUT2D eigenvalue weighted by Crippen LogP contribution is 2.22. The fourth-order valence-corrected chi connectivity index (χ4v) is 2.94. The lowest BCUT2D eigenvalue weighted by Gasteiger charge is -2.07. The second-order valence-electron chi connectivity index (χ2n) is 5.35. The molecule has 0 saturated heterocycles. The molecule has 140 valence electrons. The van der Waals surface area contributed by atoms with Crippen LogP contribution in [-0.2, 0) is 11.8 Å². The van der Waals surface area contributed by atoms with Gasteiger partial charge in [-0.3, -0.25) is 9.78 Å². The van der Waals surface area contributed by atoms with Crippen molar-refractivity contribution in [2.45, 2.75) is 11.8 Å². The van der Waals surface area contributed by atoms with Crippen molar-refractivity contribution in [3.8, 4) is 17.1 Å². The molecule has 0 saturated carbocycles. The Labute approximate surface area is 157 Å². The number of aromatic nitrogens is 4. The van der Waals surface area contributed by atoms with Gasteiger partial charge in [0, 0.05) is 30.7 Å². The molecule has 0 spiro atoms. The molecule has 0 aliphatic carbocycles. The van der Waals surface area contributed by atoms with Gasteiger partial charge in [0.2, 0.25) is 5.91 Å². The monoisotopic (exact) mass is 391 g/mol. The van der Waals surface area contributed by atoms with Gasteiger partial charge >= 0.3 is 6.61 Å². The molecule has 0 aliphatic rings. The van der Waals surface area contributed by atoms with Crippen LogP contribution in [0.25, 0.3) is 11.4 Å². The third-order valence-electron chi connectivity index (χ3n) is 3.45. The van der Waals surface area contributed by atoms with E-state index < -0.39 is 6.61 Å². The van der Waals surface area contributed by atoms with E-state index in [4.69, 9.17) is 0 Å². The van der Waals surface area contributed by atoms with Gasteiger partial charge in [0.1, 0.15) is 5.75 Å². The predicted octanol–water partition coefficient (Wildman–Crippen LogP) is 3.21. The molecule has 27 heavy (non-hydrogen) atoms. The lowest BCUT2D eigenvalue weighted by Crippen LogP contribution is -2.14. The van der Waals surface area contributed by atoms with Gasteiger partial charge < -0.3 is 14.6 Å². The maximum atomic E-state index is 12.1. The summed E-state index contributed by atoms with van der Waals surface area (Å²) in [6, 6.07) is 9.38. The fraction of sp³-hybridized carbons (Fsp3) is 0.176. The van der Waals surface area contributed by atoms with Crippen molar-refractivity contribution in [3.05, 3.63) is 48.8 Å². The van der Waals surface area contributed by atoms with Crippen molar-refractivity contribution in [1.29, 1.82) is 0 Å². The summed E-state index contributed by atoms with van der Waals surface area (Å²) >= 11 is 1.23. The van der Waals surface area contributed by atoms with Gasteiger partial charge in [-0.2, -0.15) is 8.78 Å². The maximum absolute atomic E-state index is 12.1. The number of nitrogens with one attached hydrogen (secondary N) is 1. The summed E-state index contributed by atoms with van der Waals surface area (Å²) < 4.78 is 30.3. The average Bonchev–Trinajstić information content (AvgIpc) is 3.02. The van der Waals surface area contributed by atoms with Gasteiger partial charge in [-0.05, 0) is 36.4 Å². The Hall–Kier alpha value is -3.01. The highest BCUT2D eigenvalue weighted by Gasteiger charge is 2.13. The molecule has 1 aromatic carbocycles. The van der Waals surface area contributed by atoms with E-state index in [1.54, 1.807) is 17.0 Å². The number of ether oxygens (including phenoxy) is 1. The van der Waals surface area contributed by atoms with Crippen molar-refractivity contribution in [1.82, 2.24) is 19.7 Å². The SMILES string of the molecule is Cn1c(SCC(=O)Nc2ccc(OC(F)F)cc2)nnc1-c1cccnc1. The highest BCUT2D eigenvalue weighted by molar-refractivity contribution is 7.99. The number of benzene rings is 1. The number of halogens is 2. The third kappa shape index (κ3) is 5.00. The minimum absolute atomic E-state index is 0.0272. The van der Waals surface area contributed by atoms with Crippen LogP contribution in [0.3, 0.4) is 0 Å². The van der Waals surface area contributed by atoms with Crippen LogP contribution in [0.1, 0.15) is 0 Å². The van der Waals surface area contributed by atoms with E-state index in [1.807, 2.05) is 19.2 Å². The standard InChI is InChI=1S/C17H15F2N5O2S/c1-24-15(11-3-2-8-20-9-11)22-23-17(24)27-10-14(25)21-12-4-6-13(7-5-12)26-16(18)19/h2-9,16H,10H2,1H3,(H,21,25). The summed E-state index contributed by atoms with van der Waals surface area (Å²) in [5, 5.41) is 11.5. The number of rotatable bonds is 7. The van der Waals surface area contributed by atoms with Crippen LogP contribution in [0, 0.1) is 0 Å². The molecular weight excluding hydrogens is 376 g/mol. The summed E-state index contributed by atoms with van der Waals surface area (Å²) in [5.74, 6) is 0.544. The summed E-state index contributed by atoms with van der Waals surface area (Å²) in [7, 11) is 1.81. The lowest BCUT2D eigenvalue weighted by atomic mass is 10.3. The topological polar surface area (TPSA) is 81.9 Å². The molecule has 0 aliphatic heterocycles. The van der Waals surface area contributed by atoms with Gasteiger partial charge in [0.15, 0.2) is 11.0 Å². The first-order chi connectivity index (χ1) is 13.0. The Morgan fingerprint density at radius 1 is 1.26 bits per heavy atom. The first-order valence-corrected chi connectivity index (χ1v) is 8.79. The smallest absolute Gasteiger partial charge is 0.387 e. The molecule has 3 rings (SSSR count). The highest BCUT2D eigenvalue weighted by atomic mass is 32.2. The molecule has 1 N–H and O–H groups in total. The van der Waals surface area contributed by atoms with Crippen molar-refractivity contribution >= 4 is 23.4 Å². The molecule has 0 bridgehead atoms. The molecule has 7 nitrogen and oxygen atoms in total. The first kappa shape index (κ1) is 18.8. The zero-order valence-corrected chi connectivity index (χ0v) is 15.0. The molecule has 0 radical (unpaired) electrons. The van der Waals surface area contributed by atoms with E-state index in [0.717, 1.165) is 5.56 Å². The van der Waals surface area contributed by atoms with Crippen LogP contribution in [0.5, 0.6) is 5.75 Å². The van der Waals surface area contributed by atoms with Crippen LogP contribution >= 0.6 is 11.8 Å². The van der Waals surface area contributed by atoms with Gasteiger partial charge in [0.25, 0.3) is 0 Å². The van der Waals surface area contributed by atoms with Crippen LogP contribution in [0.15, 0.2) is 53.9 Å². The van der Waals surface area contributed by atoms with Crippen molar-refractivity contribution in [3.63, 3.8) is 0 Å². The van der Waals surface area contributed by atoms with E-state index in [0.29, 0.717) is 16.7 Å². The molecule has 10 heteroatoms. The summed E-state index contributed by atoms with van der Waals surface area (Å²) in [6.45, 7) is -2.88. The van der Waals surface area contributed by atoms with Gasteiger partial charge in [0.05, 0.1) is 5.75 Å². The summed E-state index contributed by atoms with van der Waals surface area (Å²) in [5.41, 5.74) is 1.31. The van der Waals surface area contributed by atoms with Crippen LogP contribution in [0.2, 0.25) is 0 Å². The number of hydrogen-bond acceptors (Lipinski definition) is 6. The normalized spacial score (nSPS) is 10.8. The number of carbonyl (C=O) groups is 1. The van der Waals surface area contributed by atoms with Crippen molar-refractivity contribution in [2.75, 3.05) is 11.1 Å². The Kier molecular flexibility index (Phi) is 5.97. The molecule has 2 heterocycles. The number of nitrogens with zero attached hydrogens (tertiary/aromatic N) is 4. The van der Waals surface area contributed by atoms with Crippen molar-refractivity contribution in [2.24, 2.45) is 7.05 Å². The largest absolute Gasteiger partial charge is 0.435 e. The van der Waals surface area contributed by atoms with E-state index in [9.17, 15) is 13.6 Å². The number of pyridine rings is 1. The number of thioether (sulfide) groups is 1. The molecule has 0 unspecified atom stereocenters. The predicted molar refractivity (Wildman–Crippen MR) is 96.7 cm³/mol. The maximum Gasteiger partial charge on any atom is 0.387 e. The molecule has 2 aromatic heterocycles. The van der Waals surface area contributed by atoms with Crippen LogP contribution < -0.4 is 10.1 Å². The van der Waals surface area contributed by atoms with E-state index in [-0.39, 0.29) is 17.4 Å². The van der Waals surface area contributed by atoms with Crippen LogP contribution in [0.4, 0.5) is 14.5 Å². The Morgan fingerprint density at radius 3 is 2.70 bits per heavy atom. The van der Waals surface area contributed by atoms with Gasteiger partial charge in [-0.25, -0.2) is 0 Å². The number of alkyl halides is 2. The number of anilines is 1. The number of carbonyl (C=O) groups excluding carboxylic acids is 1. The molecule has 1 amide bonds.